The van der Waals surface area contributed by atoms with Crippen molar-refractivity contribution in [3.8, 4) is 0 Å². The molecule has 2 aromatic rings. The van der Waals surface area contributed by atoms with E-state index in [1.807, 2.05) is 18.2 Å². The van der Waals surface area contributed by atoms with E-state index in [1.165, 1.54) is 11.1 Å². The van der Waals surface area contributed by atoms with E-state index in [2.05, 4.69) is 18.2 Å². The molecule has 2 N–H and O–H groups in total. The van der Waals surface area contributed by atoms with Crippen LogP contribution in [0.3, 0.4) is 0 Å². The van der Waals surface area contributed by atoms with Crippen LogP contribution >= 0.6 is 0 Å². The first kappa shape index (κ1) is 12.4. The summed E-state index contributed by atoms with van der Waals surface area (Å²) in [5.74, 6) is -0.166. The van der Waals surface area contributed by atoms with Crippen molar-refractivity contribution in [2.24, 2.45) is 5.73 Å². The standard InChI is InChI=1S/C17H18FN/c1-12-6-7-15(10-16(12)18)17(19)9-8-13-4-2-3-5-14(13)11-17/h2-7,10H,8-9,11,19H2,1H3. The summed E-state index contributed by atoms with van der Waals surface area (Å²) < 4.78 is 13.7. The lowest BCUT2D eigenvalue weighted by Crippen LogP contribution is -2.42. The summed E-state index contributed by atoms with van der Waals surface area (Å²) in [5, 5.41) is 0. The summed E-state index contributed by atoms with van der Waals surface area (Å²) in [6.45, 7) is 1.78. The molecule has 19 heavy (non-hydrogen) atoms. The first-order valence-electron chi connectivity index (χ1n) is 6.71. The van der Waals surface area contributed by atoms with Crippen LogP contribution in [0.2, 0.25) is 0 Å². The fraction of sp³-hybridized carbons (Fsp3) is 0.294. The number of fused-ring (bicyclic) bond motifs is 1. The molecule has 0 saturated heterocycles. The SMILES string of the molecule is Cc1ccc(C2(N)CCc3ccccc3C2)cc1F. The van der Waals surface area contributed by atoms with Gasteiger partial charge in [0.1, 0.15) is 5.82 Å². The van der Waals surface area contributed by atoms with E-state index in [-0.39, 0.29) is 5.82 Å². The number of nitrogens with two attached hydrogens (primary N) is 1. The third-order valence-electron chi connectivity index (χ3n) is 4.21. The Kier molecular flexibility index (Phi) is 2.90. The number of hydrogen-bond acceptors (Lipinski definition) is 1. The van der Waals surface area contributed by atoms with Gasteiger partial charge >= 0.3 is 0 Å². The first-order chi connectivity index (χ1) is 9.08. The molecule has 0 saturated carbocycles. The first-order valence-corrected chi connectivity index (χ1v) is 6.71. The van der Waals surface area contributed by atoms with Gasteiger partial charge in [-0.05, 0) is 54.5 Å². The number of rotatable bonds is 1. The van der Waals surface area contributed by atoms with E-state index in [1.54, 1.807) is 13.0 Å². The van der Waals surface area contributed by atoms with Gasteiger partial charge in [-0.3, -0.25) is 0 Å². The van der Waals surface area contributed by atoms with E-state index in [4.69, 9.17) is 5.73 Å². The average Bonchev–Trinajstić information content (AvgIpc) is 2.41. The zero-order chi connectivity index (χ0) is 13.5. The second kappa shape index (κ2) is 4.46. The highest BCUT2D eigenvalue weighted by Gasteiger charge is 2.32. The van der Waals surface area contributed by atoms with Crippen LogP contribution in [0.4, 0.5) is 4.39 Å². The molecular formula is C17H18FN. The number of aryl methyl sites for hydroxylation is 2. The summed E-state index contributed by atoms with van der Waals surface area (Å²) >= 11 is 0. The summed E-state index contributed by atoms with van der Waals surface area (Å²) in [5.41, 5.74) is 10.3. The molecule has 3 rings (SSSR count). The molecule has 1 aliphatic rings. The maximum absolute atomic E-state index is 13.7. The van der Waals surface area contributed by atoms with Crippen LogP contribution in [0, 0.1) is 12.7 Å². The van der Waals surface area contributed by atoms with E-state index >= 15 is 0 Å². The zero-order valence-corrected chi connectivity index (χ0v) is 11.1. The largest absolute Gasteiger partial charge is 0.321 e. The number of hydrogen-bond donors (Lipinski definition) is 1. The minimum Gasteiger partial charge on any atom is -0.321 e. The third-order valence-corrected chi connectivity index (χ3v) is 4.21. The maximum Gasteiger partial charge on any atom is 0.126 e. The highest BCUT2D eigenvalue weighted by molar-refractivity contribution is 5.37. The Bertz CT molecular complexity index is 620. The van der Waals surface area contributed by atoms with Crippen molar-refractivity contribution < 1.29 is 4.39 Å². The number of halogens is 1. The van der Waals surface area contributed by atoms with Crippen LogP contribution in [0.1, 0.15) is 28.7 Å². The molecule has 0 spiro atoms. The highest BCUT2D eigenvalue weighted by Crippen LogP contribution is 2.34. The van der Waals surface area contributed by atoms with Crippen molar-refractivity contribution in [1.29, 1.82) is 0 Å². The van der Waals surface area contributed by atoms with Gasteiger partial charge in [-0.1, -0.05) is 36.4 Å². The molecule has 98 valence electrons. The normalized spacial score (nSPS) is 22.1. The Labute approximate surface area is 113 Å². The molecule has 2 heteroatoms. The molecular weight excluding hydrogens is 237 g/mol. The summed E-state index contributed by atoms with van der Waals surface area (Å²) in [4.78, 5) is 0. The fourth-order valence-electron chi connectivity index (χ4n) is 2.91. The van der Waals surface area contributed by atoms with Crippen molar-refractivity contribution in [2.75, 3.05) is 0 Å². The molecule has 1 unspecified atom stereocenters. The lowest BCUT2D eigenvalue weighted by molar-refractivity contribution is 0.383. The molecule has 1 aliphatic carbocycles. The van der Waals surface area contributed by atoms with E-state index in [0.717, 1.165) is 24.8 Å². The van der Waals surface area contributed by atoms with Gasteiger partial charge in [0.05, 0.1) is 0 Å². The maximum atomic E-state index is 13.7. The van der Waals surface area contributed by atoms with Crippen LogP contribution < -0.4 is 5.73 Å². The van der Waals surface area contributed by atoms with Gasteiger partial charge in [-0.2, -0.15) is 0 Å². The smallest absolute Gasteiger partial charge is 0.126 e. The van der Waals surface area contributed by atoms with Crippen molar-refractivity contribution in [1.82, 2.24) is 0 Å². The van der Waals surface area contributed by atoms with Gasteiger partial charge in [0.25, 0.3) is 0 Å². The lowest BCUT2D eigenvalue weighted by Gasteiger charge is -2.35. The third kappa shape index (κ3) is 2.17. The van der Waals surface area contributed by atoms with E-state index < -0.39 is 5.54 Å². The van der Waals surface area contributed by atoms with Crippen molar-refractivity contribution >= 4 is 0 Å². The summed E-state index contributed by atoms with van der Waals surface area (Å²) in [6, 6.07) is 13.8. The Morgan fingerprint density at radius 2 is 1.84 bits per heavy atom. The lowest BCUT2D eigenvalue weighted by atomic mass is 9.74. The number of benzene rings is 2. The Balaban J connectivity index is 1.99. The molecule has 0 bridgehead atoms. The quantitative estimate of drug-likeness (QED) is 0.829. The molecule has 0 heterocycles. The van der Waals surface area contributed by atoms with Gasteiger partial charge in [-0.15, -0.1) is 0 Å². The zero-order valence-electron chi connectivity index (χ0n) is 11.1. The van der Waals surface area contributed by atoms with Crippen LogP contribution in [0.5, 0.6) is 0 Å². The monoisotopic (exact) mass is 255 g/mol. The van der Waals surface area contributed by atoms with Crippen LogP contribution in [-0.4, -0.2) is 0 Å². The minimum absolute atomic E-state index is 0.166. The van der Waals surface area contributed by atoms with Gasteiger partial charge in [0.15, 0.2) is 0 Å². The van der Waals surface area contributed by atoms with Gasteiger partial charge in [-0.25, -0.2) is 4.39 Å². The Morgan fingerprint density at radius 1 is 1.11 bits per heavy atom. The summed E-state index contributed by atoms with van der Waals surface area (Å²) in [7, 11) is 0. The van der Waals surface area contributed by atoms with Crippen LogP contribution in [-0.2, 0) is 18.4 Å². The average molecular weight is 255 g/mol. The predicted octanol–water partition coefficient (Wildman–Crippen LogP) is 3.48. The topological polar surface area (TPSA) is 26.0 Å². The Morgan fingerprint density at radius 3 is 2.58 bits per heavy atom. The second-order valence-electron chi connectivity index (χ2n) is 5.57. The fourth-order valence-corrected chi connectivity index (χ4v) is 2.91. The molecule has 1 nitrogen and oxygen atoms in total. The second-order valence-corrected chi connectivity index (χ2v) is 5.57. The van der Waals surface area contributed by atoms with Crippen LogP contribution in [0.25, 0.3) is 0 Å². The molecule has 0 fully saturated rings. The molecule has 0 amide bonds. The highest BCUT2D eigenvalue weighted by atomic mass is 19.1. The van der Waals surface area contributed by atoms with Crippen molar-refractivity contribution in [3.63, 3.8) is 0 Å². The van der Waals surface area contributed by atoms with Gasteiger partial charge in [0.2, 0.25) is 0 Å². The van der Waals surface area contributed by atoms with Gasteiger partial charge in [0, 0.05) is 5.54 Å². The molecule has 0 aromatic heterocycles. The van der Waals surface area contributed by atoms with Gasteiger partial charge < -0.3 is 5.73 Å². The minimum atomic E-state index is -0.442. The Hall–Kier alpha value is -1.67. The predicted molar refractivity (Wildman–Crippen MR) is 75.5 cm³/mol. The van der Waals surface area contributed by atoms with Crippen molar-refractivity contribution in [2.45, 2.75) is 31.7 Å². The summed E-state index contributed by atoms with van der Waals surface area (Å²) in [6.07, 6.45) is 2.61. The molecule has 2 aromatic carbocycles. The molecule has 1 atom stereocenters. The van der Waals surface area contributed by atoms with E-state index in [9.17, 15) is 4.39 Å². The van der Waals surface area contributed by atoms with Crippen molar-refractivity contribution in [3.05, 3.63) is 70.5 Å². The van der Waals surface area contributed by atoms with Crippen LogP contribution in [0.15, 0.2) is 42.5 Å². The molecule has 0 radical (unpaired) electrons. The molecule has 0 aliphatic heterocycles. The van der Waals surface area contributed by atoms with E-state index in [0.29, 0.717) is 5.56 Å².